The highest BCUT2D eigenvalue weighted by molar-refractivity contribution is 6.13. The number of carbonyl (C=O) groups is 3. The van der Waals surface area contributed by atoms with Gasteiger partial charge in [0, 0.05) is 24.8 Å². The molecule has 0 saturated heterocycles. The molecule has 2 aromatic carbocycles. The van der Waals surface area contributed by atoms with E-state index in [4.69, 9.17) is 0 Å². The van der Waals surface area contributed by atoms with E-state index in [1.807, 2.05) is 0 Å². The van der Waals surface area contributed by atoms with Crippen molar-refractivity contribution in [2.45, 2.75) is 26.2 Å². The van der Waals surface area contributed by atoms with Crippen LogP contribution in [0.4, 0.5) is 15.8 Å². The zero-order chi connectivity index (χ0) is 20.1. The minimum atomic E-state index is -1.08. The van der Waals surface area contributed by atoms with Crippen LogP contribution in [0.15, 0.2) is 48.5 Å². The fourth-order valence-electron chi connectivity index (χ4n) is 2.99. The van der Waals surface area contributed by atoms with Crippen LogP contribution >= 0.6 is 0 Å². The predicted octanol–water partition coefficient (Wildman–Crippen LogP) is 2.86. The van der Waals surface area contributed by atoms with Gasteiger partial charge in [-0.15, -0.1) is 0 Å². The molecular weight excluding hydrogens is 361 g/mol. The molecule has 3 amide bonds. The number of nitrogens with one attached hydrogen (secondary N) is 3. The summed E-state index contributed by atoms with van der Waals surface area (Å²) >= 11 is 0. The van der Waals surface area contributed by atoms with E-state index in [0.717, 1.165) is 0 Å². The molecule has 1 saturated carbocycles. The summed E-state index contributed by atoms with van der Waals surface area (Å²) in [5.41, 5.74) is 0.497. The lowest BCUT2D eigenvalue weighted by Crippen LogP contribution is -2.40. The van der Waals surface area contributed by atoms with Crippen molar-refractivity contribution in [3.8, 4) is 0 Å². The van der Waals surface area contributed by atoms with Gasteiger partial charge in [-0.25, -0.2) is 4.39 Å². The Bertz CT molecular complexity index is 909. The third-order valence-corrected chi connectivity index (χ3v) is 4.70. The Hall–Kier alpha value is -3.22. The van der Waals surface area contributed by atoms with Gasteiger partial charge in [0.1, 0.15) is 11.2 Å². The quantitative estimate of drug-likeness (QED) is 0.643. The maximum Gasteiger partial charge on any atom is 0.240 e. The second kappa shape index (κ2) is 8.21. The van der Waals surface area contributed by atoms with Crippen molar-refractivity contribution in [1.29, 1.82) is 0 Å². The summed E-state index contributed by atoms with van der Waals surface area (Å²) in [4.78, 5) is 36.3. The van der Waals surface area contributed by atoms with Gasteiger partial charge >= 0.3 is 0 Å². The predicted molar refractivity (Wildman–Crippen MR) is 104 cm³/mol. The molecule has 0 spiro atoms. The van der Waals surface area contributed by atoms with Gasteiger partial charge in [0.2, 0.25) is 17.7 Å². The van der Waals surface area contributed by atoms with Crippen LogP contribution in [0.25, 0.3) is 0 Å². The van der Waals surface area contributed by atoms with Crippen LogP contribution in [0.5, 0.6) is 0 Å². The fraction of sp³-hybridized carbons (Fsp3) is 0.286. The van der Waals surface area contributed by atoms with Crippen LogP contribution in [0.3, 0.4) is 0 Å². The van der Waals surface area contributed by atoms with Gasteiger partial charge in [0.15, 0.2) is 0 Å². The largest absolute Gasteiger partial charge is 0.355 e. The first-order valence-electron chi connectivity index (χ1n) is 9.11. The number of halogens is 1. The van der Waals surface area contributed by atoms with Crippen molar-refractivity contribution in [3.05, 3.63) is 59.9 Å². The molecule has 0 radical (unpaired) electrons. The highest BCUT2D eigenvalue weighted by Gasteiger charge is 2.56. The Labute approximate surface area is 162 Å². The van der Waals surface area contributed by atoms with E-state index in [9.17, 15) is 18.8 Å². The molecule has 3 N–H and O–H groups in total. The number of amides is 3. The average Bonchev–Trinajstić information content (AvgIpc) is 3.45. The molecule has 3 rings (SSSR count). The Balaban J connectivity index is 1.56. The first kappa shape index (κ1) is 19.5. The summed E-state index contributed by atoms with van der Waals surface area (Å²) < 4.78 is 13.6. The molecule has 0 aromatic heterocycles. The molecule has 0 atom stereocenters. The van der Waals surface area contributed by atoms with Crippen LogP contribution in [0.1, 0.15) is 25.3 Å². The maximum atomic E-state index is 13.6. The first-order valence-corrected chi connectivity index (χ1v) is 9.11. The minimum absolute atomic E-state index is 0.212. The Morgan fingerprint density at radius 3 is 2.29 bits per heavy atom. The number of rotatable bonds is 7. The molecule has 0 unspecified atom stereocenters. The average molecular weight is 383 g/mol. The van der Waals surface area contributed by atoms with Crippen LogP contribution in [0, 0.1) is 11.2 Å². The molecule has 1 aliphatic carbocycles. The van der Waals surface area contributed by atoms with Crippen molar-refractivity contribution in [2.75, 3.05) is 17.2 Å². The van der Waals surface area contributed by atoms with E-state index in [1.54, 1.807) is 42.5 Å². The van der Waals surface area contributed by atoms with Crippen molar-refractivity contribution in [3.63, 3.8) is 0 Å². The van der Waals surface area contributed by atoms with E-state index >= 15 is 0 Å². The number of hydrogen-bond acceptors (Lipinski definition) is 3. The van der Waals surface area contributed by atoms with E-state index < -0.39 is 5.41 Å². The van der Waals surface area contributed by atoms with Crippen LogP contribution < -0.4 is 16.0 Å². The number of benzene rings is 2. The fourth-order valence-corrected chi connectivity index (χ4v) is 2.99. The minimum Gasteiger partial charge on any atom is -0.355 e. The molecule has 1 aliphatic rings. The van der Waals surface area contributed by atoms with Gasteiger partial charge in [0.25, 0.3) is 0 Å². The number of hydrogen-bond donors (Lipinski definition) is 3. The SMILES string of the molecule is CC(=O)Nc1cccc(NC(=O)C2(C(=O)NCCc3ccccc3F)CC2)c1. The van der Waals surface area contributed by atoms with Gasteiger partial charge in [0.05, 0.1) is 0 Å². The van der Waals surface area contributed by atoms with Gasteiger partial charge in [-0.3, -0.25) is 14.4 Å². The van der Waals surface area contributed by atoms with E-state index in [2.05, 4.69) is 16.0 Å². The zero-order valence-corrected chi connectivity index (χ0v) is 15.5. The molecule has 2 aromatic rings. The van der Waals surface area contributed by atoms with Crippen LogP contribution in [0.2, 0.25) is 0 Å². The molecule has 1 fully saturated rings. The second-order valence-corrected chi connectivity index (χ2v) is 6.90. The Morgan fingerprint density at radius 2 is 1.64 bits per heavy atom. The summed E-state index contributed by atoms with van der Waals surface area (Å²) in [5.74, 6) is -1.25. The Morgan fingerprint density at radius 1 is 0.964 bits per heavy atom. The number of carbonyl (C=O) groups excluding carboxylic acids is 3. The summed E-state index contributed by atoms with van der Waals surface area (Å²) in [5, 5.41) is 8.13. The van der Waals surface area contributed by atoms with E-state index in [1.165, 1.54) is 13.0 Å². The van der Waals surface area contributed by atoms with Gasteiger partial charge in [-0.1, -0.05) is 24.3 Å². The molecule has 0 heterocycles. The second-order valence-electron chi connectivity index (χ2n) is 6.90. The van der Waals surface area contributed by atoms with Crippen LogP contribution in [-0.4, -0.2) is 24.3 Å². The molecule has 0 bridgehead atoms. The molecule has 6 nitrogen and oxygen atoms in total. The third kappa shape index (κ3) is 4.54. The standard InChI is InChI=1S/C21H22FN3O3/c1-14(26)24-16-6-4-7-17(13-16)25-20(28)21(10-11-21)19(27)23-12-9-15-5-2-3-8-18(15)22/h2-8,13H,9-12H2,1H3,(H,23,27)(H,24,26)(H,25,28). The summed E-state index contributed by atoms with van der Waals surface area (Å²) in [7, 11) is 0. The zero-order valence-electron chi connectivity index (χ0n) is 15.5. The lowest BCUT2D eigenvalue weighted by Gasteiger charge is -2.16. The lowest BCUT2D eigenvalue weighted by molar-refractivity contribution is -0.134. The van der Waals surface area contributed by atoms with Gasteiger partial charge in [-0.05, 0) is 49.1 Å². The molecule has 28 heavy (non-hydrogen) atoms. The highest BCUT2D eigenvalue weighted by atomic mass is 19.1. The first-order chi connectivity index (χ1) is 13.4. The van der Waals surface area contributed by atoms with Gasteiger partial charge < -0.3 is 16.0 Å². The van der Waals surface area contributed by atoms with Gasteiger partial charge in [-0.2, -0.15) is 0 Å². The molecule has 0 aliphatic heterocycles. The summed E-state index contributed by atoms with van der Waals surface area (Å²) in [6.07, 6.45) is 1.29. The Kier molecular flexibility index (Phi) is 5.73. The van der Waals surface area contributed by atoms with Crippen molar-refractivity contribution < 1.29 is 18.8 Å². The van der Waals surface area contributed by atoms with E-state index in [0.29, 0.717) is 36.2 Å². The van der Waals surface area contributed by atoms with Crippen molar-refractivity contribution in [1.82, 2.24) is 5.32 Å². The molecular formula is C21H22FN3O3. The molecule has 7 heteroatoms. The maximum absolute atomic E-state index is 13.6. The summed E-state index contributed by atoms with van der Waals surface area (Å²) in [6, 6.07) is 13.1. The topological polar surface area (TPSA) is 87.3 Å². The summed E-state index contributed by atoms with van der Waals surface area (Å²) in [6.45, 7) is 1.66. The smallest absolute Gasteiger partial charge is 0.240 e. The normalized spacial score (nSPS) is 14.1. The van der Waals surface area contributed by atoms with E-state index in [-0.39, 0.29) is 30.1 Å². The number of anilines is 2. The van der Waals surface area contributed by atoms with Crippen molar-refractivity contribution in [2.24, 2.45) is 5.41 Å². The van der Waals surface area contributed by atoms with Crippen LogP contribution in [-0.2, 0) is 20.8 Å². The third-order valence-electron chi connectivity index (χ3n) is 4.70. The monoisotopic (exact) mass is 383 g/mol. The lowest BCUT2D eigenvalue weighted by atomic mass is 10.0. The molecule has 146 valence electrons. The van der Waals surface area contributed by atoms with Crippen molar-refractivity contribution >= 4 is 29.1 Å². The highest BCUT2D eigenvalue weighted by Crippen LogP contribution is 2.46.